The van der Waals surface area contributed by atoms with Gasteiger partial charge in [0.05, 0.1) is 6.54 Å². The van der Waals surface area contributed by atoms with E-state index in [4.69, 9.17) is 0 Å². The van der Waals surface area contributed by atoms with E-state index < -0.39 is 0 Å². The summed E-state index contributed by atoms with van der Waals surface area (Å²) >= 11 is 0. The number of carbonyl (C=O) groups is 1. The van der Waals surface area contributed by atoms with E-state index in [0.717, 1.165) is 18.4 Å². The topological polar surface area (TPSA) is 41.1 Å². The SMILES string of the molecule is C=CCNC(=O)CNCC1CCC(C)CC1. The summed E-state index contributed by atoms with van der Waals surface area (Å²) in [6, 6.07) is 0. The molecule has 3 nitrogen and oxygen atoms in total. The normalized spacial score (nSPS) is 25.1. The number of nitrogens with one attached hydrogen (secondary N) is 2. The van der Waals surface area contributed by atoms with Crippen LogP contribution in [0.2, 0.25) is 0 Å². The summed E-state index contributed by atoms with van der Waals surface area (Å²) in [4.78, 5) is 11.3. The molecule has 3 heteroatoms. The van der Waals surface area contributed by atoms with Crippen molar-refractivity contribution in [3.05, 3.63) is 12.7 Å². The number of hydrogen-bond acceptors (Lipinski definition) is 2. The Balaban J connectivity index is 2.02. The van der Waals surface area contributed by atoms with Gasteiger partial charge in [-0.05, 0) is 31.2 Å². The first-order valence-corrected chi connectivity index (χ1v) is 6.30. The van der Waals surface area contributed by atoms with Gasteiger partial charge in [0, 0.05) is 6.54 Å². The summed E-state index contributed by atoms with van der Waals surface area (Å²) < 4.78 is 0. The molecule has 0 aromatic carbocycles. The fraction of sp³-hybridized carbons (Fsp3) is 0.769. The molecule has 0 unspecified atom stereocenters. The third-order valence-electron chi connectivity index (χ3n) is 3.30. The van der Waals surface area contributed by atoms with Crippen LogP contribution in [0.5, 0.6) is 0 Å². The minimum atomic E-state index is 0.0593. The quantitative estimate of drug-likeness (QED) is 0.674. The van der Waals surface area contributed by atoms with Crippen LogP contribution in [0.15, 0.2) is 12.7 Å². The van der Waals surface area contributed by atoms with Crippen molar-refractivity contribution < 1.29 is 4.79 Å². The van der Waals surface area contributed by atoms with Gasteiger partial charge >= 0.3 is 0 Å². The van der Waals surface area contributed by atoms with Gasteiger partial charge < -0.3 is 10.6 Å². The van der Waals surface area contributed by atoms with Crippen LogP contribution in [0.4, 0.5) is 0 Å². The maximum absolute atomic E-state index is 11.3. The molecule has 1 amide bonds. The van der Waals surface area contributed by atoms with E-state index in [-0.39, 0.29) is 5.91 Å². The van der Waals surface area contributed by atoms with Gasteiger partial charge in [-0.2, -0.15) is 0 Å². The van der Waals surface area contributed by atoms with E-state index in [1.54, 1.807) is 6.08 Å². The number of carbonyl (C=O) groups excluding carboxylic acids is 1. The number of hydrogen-bond donors (Lipinski definition) is 2. The summed E-state index contributed by atoms with van der Waals surface area (Å²) in [5.41, 5.74) is 0. The highest BCUT2D eigenvalue weighted by atomic mass is 16.1. The van der Waals surface area contributed by atoms with Crippen molar-refractivity contribution in [3.63, 3.8) is 0 Å². The van der Waals surface area contributed by atoms with Crippen molar-refractivity contribution in [1.82, 2.24) is 10.6 Å². The average Bonchev–Trinajstić information content (AvgIpc) is 2.29. The standard InChI is InChI=1S/C13H24N2O/c1-3-8-15-13(16)10-14-9-12-6-4-11(2)5-7-12/h3,11-12,14H,1,4-10H2,2H3,(H,15,16). The van der Waals surface area contributed by atoms with Gasteiger partial charge in [0.2, 0.25) is 5.91 Å². The first-order chi connectivity index (χ1) is 7.72. The van der Waals surface area contributed by atoms with Gasteiger partial charge in [0.1, 0.15) is 0 Å². The molecule has 16 heavy (non-hydrogen) atoms. The van der Waals surface area contributed by atoms with Crippen LogP contribution >= 0.6 is 0 Å². The van der Waals surface area contributed by atoms with E-state index in [2.05, 4.69) is 24.1 Å². The Morgan fingerprint density at radius 2 is 2.06 bits per heavy atom. The van der Waals surface area contributed by atoms with E-state index in [1.807, 2.05) is 0 Å². The number of rotatable bonds is 6. The van der Waals surface area contributed by atoms with E-state index in [0.29, 0.717) is 13.1 Å². The Morgan fingerprint density at radius 1 is 1.38 bits per heavy atom. The summed E-state index contributed by atoms with van der Waals surface area (Å²) in [6.45, 7) is 7.85. The molecule has 0 radical (unpaired) electrons. The zero-order valence-electron chi connectivity index (χ0n) is 10.3. The lowest BCUT2D eigenvalue weighted by Gasteiger charge is -2.26. The van der Waals surface area contributed by atoms with Gasteiger partial charge in [0.15, 0.2) is 0 Å². The zero-order valence-corrected chi connectivity index (χ0v) is 10.3. The second-order valence-corrected chi connectivity index (χ2v) is 4.85. The van der Waals surface area contributed by atoms with Crippen LogP contribution in [-0.2, 0) is 4.79 Å². The van der Waals surface area contributed by atoms with Crippen LogP contribution in [0, 0.1) is 11.8 Å². The Morgan fingerprint density at radius 3 is 2.69 bits per heavy atom. The largest absolute Gasteiger partial charge is 0.352 e. The maximum Gasteiger partial charge on any atom is 0.234 e. The smallest absolute Gasteiger partial charge is 0.234 e. The molecule has 0 atom stereocenters. The van der Waals surface area contributed by atoms with Crippen LogP contribution in [0.1, 0.15) is 32.6 Å². The average molecular weight is 224 g/mol. The van der Waals surface area contributed by atoms with Crippen LogP contribution in [-0.4, -0.2) is 25.5 Å². The van der Waals surface area contributed by atoms with Gasteiger partial charge in [-0.1, -0.05) is 25.8 Å². The minimum Gasteiger partial charge on any atom is -0.352 e. The van der Waals surface area contributed by atoms with Gasteiger partial charge in [-0.3, -0.25) is 4.79 Å². The molecule has 0 heterocycles. The van der Waals surface area contributed by atoms with Crippen molar-refractivity contribution in [1.29, 1.82) is 0 Å². The second kappa shape index (κ2) is 7.44. The van der Waals surface area contributed by atoms with Gasteiger partial charge in [-0.15, -0.1) is 6.58 Å². The van der Waals surface area contributed by atoms with Crippen molar-refractivity contribution in [2.45, 2.75) is 32.6 Å². The van der Waals surface area contributed by atoms with Crippen molar-refractivity contribution in [2.75, 3.05) is 19.6 Å². The molecule has 2 N–H and O–H groups in total. The van der Waals surface area contributed by atoms with E-state index >= 15 is 0 Å². The molecule has 92 valence electrons. The summed E-state index contributed by atoms with van der Waals surface area (Å²) in [7, 11) is 0. The molecule has 0 spiro atoms. The molecule has 1 rings (SSSR count). The fourth-order valence-electron chi connectivity index (χ4n) is 2.17. The lowest BCUT2D eigenvalue weighted by molar-refractivity contribution is -0.120. The van der Waals surface area contributed by atoms with Crippen LogP contribution in [0.25, 0.3) is 0 Å². The van der Waals surface area contributed by atoms with E-state index in [9.17, 15) is 4.79 Å². The number of amides is 1. The minimum absolute atomic E-state index is 0.0593. The molecular formula is C13H24N2O. The van der Waals surface area contributed by atoms with Crippen molar-refractivity contribution in [3.8, 4) is 0 Å². The van der Waals surface area contributed by atoms with Gasteiger partial charge in [0.25, 0.3) is 0 Å². The first kappa shape index (κ1) is 13.2. The fourth-order valence-corrected chi connectivity index (χ4v) is 2.17. The van der Waals surface area contributed by atoms with Gasteiger partial charge in [-0.25, -0.2) is 0 Å². The van der Waals surface area contributed by atoms with Crippen LogP contribution < -0.4 is 10.6 Å². The molecule has 1 fully saturated rings. The third kappa shape index (κ3) is 5.31. The lowest BCUT2D eigenvalue weighted by Crippen LogP contribution is -2.36. The summed E-state index contributed by atoms with van der Waals surface area (Å²) in [5, 5.41) is 5.99. The Labute approximate surface area is 98.7 Å². The Hall–Kier alpha value is -0.830. The van der Waals surface area contributed by atoms with Crippen molar-refractivity contribution >= 4 is 5.91 Å². The van der Waals surface area contributed by atoms with Crippen LogP contribution in [0.3, 0.4) is 0 Å². The predicted octanol–water partition coefficient (Wildman–Crippen LogP) is 1.70. The first-order valence-electron chi connectivity index (χ1n) is 6.30. The molecule has 1 aliphatic carbocycles. The molecule has 0 aromatic rings. The molecular weight excluding hydrogens is 200 g/mol. The predicted molar refractivity (Wildman–Crippen MR) is 67.2 cm³/mol. The zero-order chi connectivity index (χ0) is 11.8. The second-order valence-electron chi connectivity index (χ2n) is 4.85. The third-order valence-corrected chi connectivity index (χ3v) is 3.30. The van der Waals surface area contributed by atoms with E-state index in [1.165, 1.54) is 25.7 Å². The highest BCUT2D eigenvalue weighted by Crippen LogP contribution is 2.27. The van der Waals surface area contributed by atoms with Crippen molar-refractivity contribution in [2.24, 2.45) is 11.8 Å². The lowest BCUT2D eigenvalue weighted by atomic mass is 9.83. The Kier molecular flexibility index (Phi) is 6.16. The molecule has 1 aliphatic rings. The molecule has 0 aromatic heterocycles. The highest BCUT2D eigenvalue weighted by molar-refractivity contribution is 5.78. The summed E-state index contributed by atoms with van der Waals surface area (Å²) in [6.07, 6.45) is 7.00. The molecule has 1 saturated carbocycles. The monoisotopic (exact) mass is 224 g/mol. The highest BCUT2D eigenvalue weighted by Gasteiger charge is 2.17. The molecule has 0 saturated heterocycles. The maximum atomic E-state index is 11.3. The molecule has 0 aliphatic heterocycles. The Bertz CT molecular complexity index is 220. The summed E-state index contributed by atoms with van der Waals surface area (Å²) in [5.74, 6) is 1.72. The molecule has 0 bridgehead atoms.